The van der Waals surface area contributed by atoms with Gasteiger partial charge in [0.25, 0.3) is 0 Å². The second-order valence-electron chi connectivity index (χ2n) is 3.20. The van der Waals surface area contributed by atoms with Crippen molar-refractivity contribution in [1.29, 1.82) is 0 Å². The Labute approximate surface area is 103 Å². The number of alkyl halides is 1. The standard InChI is InChI=1S/C10H9Cl2N3O/c1-6-4-10(15-14-6)16-9-3-2-7(12)8(5-11)13-9/h2-4H,5H2,1H3,(H,14,15). The van der Waals surface area contributed by atoms with E-state index in [2.05, 4.69) is 15.2 Å². The first-order chi connectivity index (χ1) is 7.69. The molecule has 84 valence electrons. The van der Waals surface area contributed by atoms with Crippen molar-refractivity contribution in [1.82, 2.24) is 15.2 Å². The Balaban J connectivity index is 2.21. The maximum Gasteiger partial charge on any atom is 0.240 e. The molecule has 2 aromatic rings. The van der Waals surface area contributed by atoms with Crippen LogP contribution in [-0.4, -0.2) is 15.2 Å². The number of pyridine rings is 1. The minimum absolute atomic E-state index is 0.246. The third kappa shape index (κ3) is 2.46. The van der Waals surface area contributed by atoms with Gasteiger partial charge in [0.05, 0.1) is 16.6 Å². The number of ether oxygens (including phenoxy) is 1. The summed E-state index contributed by atoms with van der Waals surface area (Å²) in [4.78, 5) is 4.16. The number of aromatic amines is 1. The molecule has 0 atom stereocenters. The summed E-state index contributed by atoms with van der Waals surface area (Å²) in [7, 11) is 0. The summed E-state index contributed by atoms with van der Waals surface area (Å²) in [6.07, 6.45) is 0. The highest BCUT2D eigenvalue weighted by atomic mass is 35.5. The molecule has 16 heavy (non-hydrogen) atoms. The number of H-pyrrole nitrogens is 1. The number of aromatic nitrogens is 3. The lowest BCUT2D eigenvalue weighted by molar-refractivity contribution is 0.442. The Morgan fingerprint density at radius 1 is 1.38 bits per heavy atom. The fourth-order valence-electron chi connectivity index (χ4n) is 1.17. The van der Waals surface area contributed by atoms with E-state index in [4.69, 9.17) is 27.9 Å². The van der Waals surface area contributed by atoms with E-state index in [1.54, 1.807) is 18.2 Å². The average Bonchev–Trinajstić information content (AvgIpc) is 2.67. The van der Waals surface area contributed by atoms with Gasteiger partial charge in [-0.3, -0.25) is 5.10 Å². The molecule has 0 aliphatic rings. The lowest BCUT2D eigenvalue weighted by Crippen LogP contribution is -1.92. The lowest BCUT2D eigenvalue weighted by Gasteiger charge is -2.03. The average molecular weight is 258 g/mol. The van der Waals surface area contributed by atoms with Crippen LogP contribution in [0.5, 0.6) is 11.8 Å². The van der Waals surface area contributed by atoms with Gasteiger partial charge in [0.15, 0.2) is 0 Å². The van der Waals surface area contributed by atoms with E-state index in [0.29, 0.717) is 22.5 Å². The first-order valence-electron chi connectivity index (χ1n) is 4.60. The molecule has 0 spiro atoms. The zero-order valence-electron chi connectivity index (χ0n) is 8.50. The van der Waals surface area contributed by atoms with Crippen LogP contribution in [0.15, 0.2) is 18.2 Å². The van der Waals surface area contributed by atoms with Gasteiger partial charge in [-0.15, -0.1) is 16.7 Å². The summed E-state index contributed by atoms with van der Waals surface area (Å²) in [6, 6.07) is 5.14. The van der Waals surface area contributed by atoms with Gasteiger partial charge in [-0.05, 0) is 13.0 Å². The van der Waals surface area contributed by atoms with Crippen LogP contribution in [0.1, 0.15) is 11.4 Å². The molecule has 0 aliphatic heterocycles. The molecule has 0 fully saturated rings. The Bertz CT molecular complexity index is 499. The van der Waals surface area contributed by atoms with Crippen LogP contribution < -0.4 is 4.74 Å². The number of nitrogens with zero attached hydrogens (tertiary/aromatic N) is 2. The number of nitrogens with one attached hydrogen (secondary N) is 1. The van der Waals surface area contributed by atoms with Crippen LogP contribution in [0.4, 0.5) is 0 Å². The topological polar surface area (TPSA) is 50.8 Å². The maximum atomic E-state index is 5.88. The maximum absolute atomic E-state index is 5.88. The fraction of sp³-hybridized carbons (Fsp3) is 0.200. The molecule has 0 saturated carbocycles. The summed E-state index contributed by atoms with van der Waals surface area (Å²) >= 11 is 11.6. The smallest absolute Gasteiger partial charge is 0.240 e. The van der Waals surface area contributed by atoms with E-state index in [1.165, 1.54) is 0 Å². The van der Waals surface area contributed by atoms with Crippen molar-refractivity contribution in [3.8, 4) is 11.8 Å². The van der Waals surface area contributed by atoms with Gasteiger partial charge in [0, 0.05) is 17.8 Å². The largest absolute Gasteiger partial charge is 0.419 e. The van der Waals surface area contributed by atoms with Crippen LogP contribution in [0, 0.1) is 6.92 Å². The number of rotatable bonds is 3. The first kappa shape index (κ1) is 11.2. The zero-order valence-corrected chi connectivity index (χ0v) is 10.0. The van der Waals surface area contributed by atoms with Crippen molar-refractivity contribution in [2.45, 2.75) is 12.8 Å². The lowest BCUT2D eigenvalue weighted by atomic mass is 10.4. The highest BCUT2D eigenvalue weighted by Gasteiger charge is 2.06. The first-order valence-corrected chi connectivity index (χ1v) is 5.51. The number of aryl methyl sites for hydroxylation is 1. The minimum Gasteiger partial charge on any atom is -0.419 e. The predicted octanol–water partition coefficient (Wildman–Crippen LogP) is 3.30. The summed E-state index contributed by atoms with van der Waals surface area (Å²) < 4.78 is 5.43. The molecule has 2 aromatic heterocycles. The normalized spacial score (nSPS) is 10.4. The predicted molar refractivity (Wildman–Crippen MR) is 62.2 cm³/mol. The minimum atomic E-state index is 0.246. The van der Waals surface area contributed by atoms with Gasteiger partial charge in [0.1, 0.15) is 0 Å². The van der Waals surface area contributed by atoms with E-state index >= 15 is 0 Å². The highest BCUT2D eigenvalue weighted by molar-refractivity contribution is 6.32. The SMILES string of the molecule is Cc1cc(Oc2ccc(Cl)c(CCl)n2)n[nH]1. The third-order valence-electron chi connectivity index (χ3n) is 1.91. The molecule has 0 bridgehead atoms. The van der Waals surface area contributed by atoms with Gasteiger partial charge in [0.2, 0.25) is 11.8 Å². The van der Waals surface area contributed by atoms with Crippen molar-refractivity contribution in [2.24, 2.45) is 0 Å². The molecule has 0 aliphatic carbocycles. The van der Waals surface area contributed by atoms with Crippen molar-refractivity contribution in [3.05, 3.63) is 34.6 Å². The monoisotopic (exact) mass is 257 g/mol. The fourth-order valence-corrected chi connectivity index (χ4v) is 1.61. The van der Waals surface area contributed by atoms with E-state index in [0.717, 1.165) is 5.69 Å². The van der Waals surface area contributed by atoms with Gasteiger partial charge in [-0.2, -0.15) is 0 Å². The van der Waals surface area contributed by atoms with Crippen LogP contribution in [0.2, 0.25) is 5.02 Å². The molecule has 0 amide bonds. The second kappa shape index (κ2) is 4.72. The number of hydrogen-bond acceptors (Lipinski definition) is 3. The second-order valence-corrected chi connectivity index (χ2v) is 3.88. The Morgan fingerprint density at radius 3 is 2.81 bits per heavy atom. The van der Waals surface area contributed by atoms with E-state index in [-0.39, 0.29) is 5.88 Å². The molecule has 1 N–H and O–H groups in total. The molecule has 0 unspecified atom stereocenters. The summed E-state index contributed by atoms with van der Waals surface area (Å²) in [5.41, 5.74) is 1.51. The summed E-state index contributed by atoms with van der Waals surface area (Å²) in [5, 5.41) is 7.24. The van der Waals surface area contributed by atoms with Gasteiger partial charge < -0.3 is 4.74 Å². The van der Waals surface area contributed by atoms with Crippen LogP contribution >= 0.6 is 23.2 Å². The quantitative estimate of drug-likeness (QED) is 0.859. The van der Waals surface area contributed by atoms with Gasteiger partial charge in [-0.25, -0.2) is 4.98 Å². The molecular formula is C10H9Cl2N3O. The number of hydrogen-bond donors (Lipinski definition) is 1. The van der Waals surface area contributed by atoms with E-state index in [9.17, 15) is 0 Å². The number of halogens is 2. The molecule has 0 saturated heterocycles. The Morgan fingerprint density at radius 2 is 2.19 bits per heavy atom. The Kier molecular flexibility index (Phi) is 3.31. The molecule has 0 aromatic carbocycles. The van der Waals surface area contributed by atoms with Gasteiger partial charge in [-0.1, -0.05) is 11.6 Å². The van der Waals surface area contributed by atoms with Crippen molar-refractivity contribution < 1.29 is 4.74 Å². The molecule has 6 heteroatoms. The van der Waals surface area contributed by atoms with E-state index < -0.39 is 0 Å². The Hall–Kier alpha value is -1.26. The van der Waals surface area contributed by atoms with Crippen LogP contribution in [0.25, 0.3) is 0 Å². The molecule has 2 heterocycles. The zero-order chi connectivity index (χ0) is 11.5. The van der Waals surface area contributed by atoms with Crippen molar-refractivity contribution in [2.75, 3.05) is 0 Å². The van der Waals surface area contributed by atoms with Crippen LogP contribution in [-0.2, 0) is 5.88 Å². The molecule has 0 radical (unpaired) electrons. The highest BCUT2D eigenvalue weighted by Crippen LogP contribution is 2.22. The molecular weight excluding hydrogens is 249 g/mol. The van der Waals surface area contributed by atoms with Crippen LogP contribution in [0.3, 0.4) is 0 Å². The third-order valence-corrected chi connectivity index (χ3v) is 2.51. The summed E-state index contributed by atoms with van der Waals surface area (Å²) in [5.74, 6) is 1.13. The van der Waals surface area contributed by atoms with Gasteiger partial charge >= 0.3 is 0 Å². The molecule has 4 nitrogen and oxygen atoms in total. The van der Waals surface area contributed by atoms with E-state index in [1.807, 2.05) is 6.92 Å². The van der Waals surface area contributed by atoms with Crippen molar-refractivity contribution in [3.63, 3.8) is 0 Å². The molecule has 2 rings (SSSR count). The van der Waals surface area contributed by atoms with Crippen molar-refractivity contribution >= 4 is 23.2 Å². The summed E-state index contributed by atoms with van der Waals surface area (Å²) in [6.45, 7) is 1.89.